The lowest BCUT2D eigenvalue weighted by Crippen LogP contribution is -2.34. The Hall–Kier alpha value is -1.11. The monoisotopic (exact) mass is 297 g/mol. The fourth-order valence-corrected chi connectivity index (χ4v) is 3.45. The van der Waals surface area contributed by atoms with Crippen molar-refractivity contribution in [3.8, 4) is 0 Å². The SMILES string of the molecule is CCN(CC)CCNS(=O)(=O)c1ccc2c(c1)NCC2. The smallest absolute Gasteiger partial charge is 0.240 e. The van der Waals surface area contributed by atoms with Gasteiger partial charge in [-0.05, 0) is 37.2 Å². The molecule has 2 rings (SSSR count). The second-order valence-corrected chi connectivity index (χ2v) is 6.69. The van der Waals surface area contributed by atoms with Gasteiger partial charge in [-0.15, -0.1) is 0 Å². The van der Waals surface area contributed by atoms with Crippen molar-refractivity contribution in [1.29, 1.82) is 0 Å². The van der Waals surface area contributed by atoms with Crippen LogP contribution in [0.2, 0.25) is 0 Å². The molecule has 0 unspecified atom stereocenters. The lowest BCUT2D eigenvalue weighted by Gasteiger charge is -2.18. The van der Waals surface area contributed by atoms with Crippen molar-refractivity contribution >= 4 is 15.7 Å². The molecule has 1 heterocycles. The highest BCUT2D eigenvalue weighted by Gasteiger charge is 2.17. The topological polar surface area (TPSA) is 61.4 Å². The average Bonchev–Trinajstić information content (AvgIpc) is 2.91. The zero-order valence-corrected chi connectivity index (χ0v) is 13.0. The highest BCUT2D eigenvalue weighted by atomic mass is 32.2. The van der Waals surface area contributed by atoms with Crippen molar-refractivity contribution < 1.29 is 8.42 Å². The van der Waals surface area contributed by atoms with Gasteiger partial charge in [0.2, 0.25) is 10.0 Å². The van der Waals surface area contributed by atoms with E-state index in [9.17, 15) is 8.42 Å². The van der Waals surface area contributed by atoms with E-state index in [0.29, 0.717) is 11.4 Å². The van der Waals surface area contributed by atoms with Crippen molar-refractivity contribution in [2.24, 2.45) is 0 Å². The average molecular weight is 297 g/mol. The number of likely N-dealkylation sites (N-methyl/N-ethyl adjacent to an activating group) is 1. The number of benzene rings is 1. The van der Waals surface area contributed by atoms with Gasteiger partial charge in [0.1, 0.15) is 0 Å². The molecule has 6 heteroatoms. The highest BCUT2D eigenvalue weighted by Crippen LogP contribution is 2.25. The van der Waals surface area contributed by atoms with Gasteiger partial charge in [-0.25, -0.2) is 13.1 Å². The molecule has 2 N–H and O–H groups in total. The quantitative estimate of drug-likeness (QED) is 0.796. The number of nitrogens with zero attached hydrogens (tertiary/aromatic N) is 1. The van der Waals surface area contributed by atoms with Crippen LogP contribution in [-0.4, -0.2) is 46.0 Å². The first-order chi connectivity index (χ1) is 9.56. The Morgan fingerprint density at radius 2 is 2.05 bits per heavy atom. The maximum absolute atomic E-state index is 12.2. The summed E-state index contributed by atoms with van der Waals surface area (Å²) in [5.41, 5.74) is 2.13. The van der Waals surface area contributed by atoms with Crippen LogP contribution < -0.4 is 10.0 Å². The standard InChI is InChI=1S/C14H23N3O2S/c1-3-17(4-2)10-9-16-20(18,19)13-6-5-12-7-8-15-14(12)11-13/h5-6,11,15-16H,3-4,7-10H2,1-2H3. The molecule has 1 aliphatic heterocycles. The number of rotatable bonds is 7. The van der Waals surface area contributed by atoms with Crippen molar-refractivity contribution in [1.82, 2.24) is 9.62 Å². The van der Waals surface area contributed by atoms with E-state index in [1.165, 1.54) is 5.56 Å². The lowest BCUT2D eigenvalue weighted by molar-refractivity contribution is 0.309. The van der Waals surface area contributed by atoms with Gasteiger partial charge in [-0.3, -0.25) is 0 Å². The van der Waals surface area contributed by atoms with Gasteiger partial charge in [0.15, 0.2) is 0 Å². The number of hydrogen-bond donors (Lipinski definition) is 2. The van der Waals surface area contributed by atoms with Gasteiger partial charge in [0.25, 0.3) is 0 Å². The molecule has 112 valence electrons. The Bertz CT molecular complexity index is 554. The molecule has 0 fully saturated rings. The van der Waals surface area contributed by atoms with Crippen LogP contribution in [-0.2, 0) is 16.4 Å². The Morgan fingerprint density at radius 3 is 2.75 bits per heavy atom. The van der Waals surface area contributed by atoms with Crippen LogP contribution >= 0.6 is 0 Å². The van der Waals surface area contributed by atoms with E-state index in [1.807, 2.05) is 6.07 Å². The predicted octanol–water partition coefficient (Wildman–Crippen LogP) is 1.27. The number of anilines is 1. The second-order valence-electron chi connectivity index (χ2n) is 4.92. The molecule has 0 saturated carbocycles. The van der Waals surface area contributed by atoms with E-state index in [1.54, 1.807) is 12.1 Å². The molecule has 0 bridgehead atoms. The third kappa shape index (κ3) is 3.50. The van der Waals surface area contributed by atoms with Crippen molar-refractivity contribution in [2.45, 2.75) is 25.2 Å². The maximum Gasteiger partial charge on any atom is 0.240 e. The molecule has 1 aromatic carbocycles. The molecular formula is C14H23N3O2S. The summed E-state index contributed by atoms with van der Waals surface area (Å²) in [6, 6.07) is 5.31. The Balaban J connectivity index is 2.00. The van der Waals surface area contributed by atoms with Gasteiger partial charge >= 0.3 is 0 Å². The molecule has 0 spiro atoms. The van der Waals surface area contributed by atoms with Gasteiger partial charge in [-0.1, -0.05) is 19.9 Å². The summed E-state index contributed by atoms with van der Waals surface area (Å²) >= 11 is 0. The first-order valence-corrected chi connectivity index (χ1v) is 8.64. The summed E-state index contributed by atoms with van der Waals surface area (Å²) in [4.78, 5) is 2.53. The summed E-state index contributed by atoms with van der Waals surface area (Å²) in [7, 11) is -3.41. The van der Waals surface area contributed by atoms with Crippen LogP contribution in [0.5, 0.6) is 0 Å². The van der Waals surface area contributed by atoms with Gasteiger partial charge < -0.3 is 10.2 Å². The Kier molecular flexibility index (Phi) is 5.01. The predicted molar refractivity (Wildman–Crippen MR) is 81.6 cm³/mol. The second kappa shape index (κ2) is 6.56. The van der Waals surface area contributed by atoms with E-state index in [-0.39, 0.29) is 0 Å². The molecule has 0 saturated heterocycles. The van der Waals surface area contributed by atoms with Crippen LogP contribution in [0.25, 0.3) is 0 Å². The zero-order chi connectivity index (χ0) is 14.6. The molecule has 0 aromatic heterocycles. The largest absolute Gasteiger partial charge is 0.384 e. The summed E-state index contributed by atoms with van der Waals surface area (Å²) in [5, 5.41) is 3.20. The van der Waals surface area contributed by atoms with E-state index < -0.39 is 10.0 Å². The van der Waals surface area contributed by atoms with Crippen molar-refractivity contribution in [3.05, 3.63) is 23.8 Å². The summed E-state index contributed by atoms with van der Waals surface area (Å²) in [5.74, 6) is 0. The fourth-order valence-electron chi connectivity index (χ4n) is 2.40. The van der Waals surface area contributed by atoms with Crippen LogP contribution in [0.15, 0.2) is 23.1 Å². The van der Waals surface area contributed by atoms with Crippen LogP contribution in [0.3, 0.4) is 0 Å². The molecule has 0 amide bonds. The third-order valence-corrected chi connectivity index (χ3v) is 5.17. The minimum absolute atomic E-state index is 0.338. The third-order valence-electron chi connectivity index (χ3n) is 3.72. The number of fused-ring (bicyclic) bond motifs is 1. The summed E-state index contributed by atoms with van der Waals surface area (Å²) in [6.07, 6.45) is 0.963. The van der Waals surface area contributed by atoms with Crippen molar-refractivity contribution in [2.75, 3.05) is 38.0 Å². The Morgan fingerprint density at radius 1 is 1.30 bits per heavy atom. The number of sulfonamides is 1. The molecule has 1 aliphatic rings. The summed E-state index contributed by atoms with van der Waals surface area (Å²) in [6.45, 7) is 8.06. The van der Waals surface area contributed by atoms with Gasteiger partial charge in [0.05, 0.1) is 4.90 Å². The fraction of sp³-hybridized carbons (Fsp3) is 0.571. The van der Waals surface area contributed by atoms with Crippen molar-refractivity contribution in [3.63, 3.8) is 0 Å². The van der Waals surface area contributed by atoms with E-state index in [0.717, 1.165) is 38.3 Å². The Labute approximate surface area is 121 Å². The van der Waals surface area contributed by atoms with Gasteiger partial charge in [0, 0.05) is 25.3 Å². The molecule has 0 radical (unpaired) electrons. The molecule has 20 heavy (non-hydrogen) atoms. The molecule has 0 aliphatic carbocycles. The number of nitrogens with one attached hydrogen (secondary N) is 2. The lowest BCUT2D eigenvalue weighted by atomic mass is 10.2. The molecule has 0 atom stereocenters. The highest BCUT2D eigenvalue weighted by molar-refractivity contribution is 7.89. The maximum atomic E-state index is 12.2. The van der Waals surface area contributed by atoms with Crippen LogP contribution in [0.4, 0.5) is 5.69 Å². The van der Waals surface area contributed by atoms with E-state index in [2.05, 4.69) is 28.8 Å². The molecule has 5 nitrogen and oxygen atoms in total. The first kappa shape index (κ1) is 15.3. The minimum Gasteiger partial charge on any atom is -0.384 e. The van der Waals surface area contributed by atoms with Crippen LogP contribution in [0.1, 0.15) is 19.4 Å². The normalized spacial score (nSPS) is 14.3. The van der Waals surface area contributed by atoms with E-state index in [4.69, 9.17) is 0 Å². The first-order valence-electron chi connectivity index (χ1n) is 7.15. The molecular weight excluding hydrogens is 274 g/mol. The molecule has 1 aromatic rings. The summed E-state index contributed by atoms with van der Waals surface area (Å²) < 4.78 is 27.1. The van der Waals surface area contributed by atoms with E-state index >= 15 is 0 Å². The van der Waals surface area contributed by atoms with Gasteiger partial charge in [-0.2, -0.15) is 0 Å². The minimum atomic E-state index is -3.41. The van der Waals surface area contributed by atoms with Crippen LogP contribution in [0, 0.1) is 0 Å². The number of hydrogen-bond acceptors (Lipinski definition) is 4. The zero-order valence-electron chi connectivity index (χ0n) is 12.1.